The van der Waals surface area contributed by atoms with Gasteiger partial charge < -0.3 is 10.4 Å². The molecule has 1 aromatic rings. The second-order valence-corrected chi connectivity index (χ2v) is 5.38. The first-order valence-electron chi connectivity index (χ1n) is 6.50. The van der Waals surface area contributed by atoms with Gasteiger partial charge in [-0.2, -0.15) is 0 Å². The zero-order chi connectivity index (χ0) is 12.1. The maximum atomic E-state index is 10.5. The van der Waals surface area contributed by atoms with Crippen LogP contribution >= 0.6 is 0 Å². The Balaban J connectivity index is 1.89. The summed E-state index contributed by atoms with van der Waals surface area (Å²) >= 11 is 0. The zero-order valence-electron chi connectivity index (χ0n) is 10.5. The first-order valence-corrected chi connectivity index (χ1v) is 6.50. The van der Waals surface area contributed by atoms with E-state index < -0.39 is 5.60 Å². The molecule has 2 rings (SSSR count). The van der Waals surface area contributed by atoms with Gasteiger partial charge in [0.2, 0.25) is 0 Å². The maximum Gasteiger partial charge on any atom is 0.0674 e. The van der Waals surface area contributed by atoms with Crippen molar-refractivity contribution in [3.63, 3.8) is 0 Å². The van der Waals surface area contributed by atoms with Crippen LogP contribution in [0.15, 0.2) is 24.5 Å². The van der Waals surface area contributed by atoms with Crippen LogP contribution < -0.4 is 5.32 Å². The molecule has 0 radical (unpaired) electrons. The van der Waals surface area contributed by atoms with Gasteiger partial charge in [-0.15, -0.1) is 0 Å². The monoisotopic (exact) mass is 234 g/mol. The summed E-state index contributed by atoms with van der Waals surface area (Å²) in [5.41, 5.74) is 0.525. The fourth-order valence-electron chi connectivity index (χ4n) is 2.64. The fraction of sp³-hybridized carbons (Fsp3) is 0.643. The number of nitrogens with one attached hydrogen (secondary N) is 1. The summed E-state index contributed by atoms with van der Waals surface area (Å²) < 4.78 is 0. The summed E-state index contributed by atoms with van der Waals surface area (Å²) in [6, 6.07) is 4.42. The Hall–Kier alpha value is -0.930. The summed E-state index contributed by atoms with van der Waals surface area (Å²) in [6.07, 6.45) is 8.83. The van der Waals surface area contributed by atoms with Gasteiger partial charge in [-0.1, -0.05) is 6.42 Å². The van der Waals surface area contributed by atoms with Crippen molar-refractivity contribution in [2.24, 2.45) is 0 Å². The van der Waals surface area contributed by atoms with Gasteiger partial charge in [-0.25, -0.2) is 0 Å². The van der Waals surface area contributed by atoms with E-state index in [-0.39, 0.29) is 0 Å². The highest BCUT2D eigenvalue weighted by Gasteiger charge is 2.26. The SMILES string of the molecule is CC(O)(Cc1ccncc1)CC1CCCCN1. The minimum Gasteiger partial charge on any atom is -0.390 e. The Bertz CT molecular complexity index is 331. The van der Waals surface area contributed by atoms with E-state index in [1.54, 1.807) is 12.4 Å². The Labute approximate surface area is 103 Å². The number of aromatic nitrogens is 1. The van der Waals surface area contributed by atoms with Gasteiger partial charge in [0.15, 0.2) is 0 Å². The van der Waals surface area contributed by atoms with E-state index in [0.29, 0.717) is 12.5 Å². The van der Waals surface area contributed by atoms with Crippen molar-refractivity contribution in [3.05, 3.63) is 30.1 Å². The molecule has 0 aromatic carbocycles. The Morgan fingerprint density at radius 1 is 1.41 bits per heavy atom. The van der Waals surface area contributed by atoms with Crippen LogP contribution in [0, 0.1) is 0 Å². The molecule has 17 heavy (non-hydrogen) atoms. The van der Waals surface area contributed by atoms with Crippen LogP contribution in [0.2, 0.25) is 0 Å². The summed E-state index contributed by atoms with van der Waals surface area (Å²) in [6.45, 7) is 3.03. The molecule has 0 aliphatic carbocycles. The number of piperidine rings is 1. The molecule has 1 saturated heterocycles. The van der Waals surface area contributed by atoms with Crippen molar-refractivity contribution in [2.75, 3.05) is 6.54 Å². The van der Waals surface area contributed by atoms with Gasteiger partial charge in [0.05, 0.1) is 5.60 Å². The van der Waals surface area contributed by atoms with Crippen molar-refractivity contribution in [1.29, 1.82) is 0 Å². The van der Waals surface area contributed by atoms with Crippen molar-refractivity contribution >= 4 is 0 Å². The van der Waals surface area contributed by atoms with Crippen LogP contribution in [0.25, 0.3) is 0 Å². The van der Waals surface area contributed by atoms with Crippen LogP contribution in [0.5, 0.6) is 0 Å². The number of pyridine rings is 1. The summed E-state index contributed by atoms with van der Waals surface area (Å²) in [5.74, 6) is 0. The summed E-state index contributed by atoms with van der Waals surface area (Å²) in [4.78, 5) is 4.00. The molecule has 0 amide bonds. The van der Waals surface area contributed by atoms with Crippen molar-refractivity contribution in [3.8, 4) is 0 Å². The van der Waals surface area contributed by atoms with Crippen molar-refractivity contribution < 1.29 is 5.11 Å². The highest BCUT2D eigenvalue weighted by Crippen LogP contribution is 2.22. The molecule has 2 unspecified atom stereocenters. The van der Waals surface area contributed by atoms with E-state index >= 15 is 0 Å². The molecular weight excluding hydrogens is 212 g/mol. The molecule has 1 aliphatic rings. The largest absolute Gasteiger partial charge is 0.390 e. The molecular formula is C14H22N2O. The van der Waals surface area contributed by atoms with Gasteiger partial charge in [0, 0.05) is 24.9 Å². The Kier molecular flexibility index (Phi) is 4.13. The van der Waals surface area contributed by atoms with Crippen molar-refractivity contribution in [1.82, 2.24) is 10.3 Å². The third-order valence-electron chi connectivity index (χ3n) is 3.43. The number of hydrogen-bond acceptors (Lipinski definition) is 3. The van der Waals surface area contributed by atoms with E-state index in [2.05, 4.69) is 10.3 Å². The quantitative estimate of drug-likeness (QED) is 0.836. The highest BCUT2D eigenvalue weighted by molar-refractivity contribution is 5.12. The standard InChI is InChI=1S/C14H22N2O/c1-14(17,10-12-5-8-15-9-6-12)11-13-4-2-3-7-16-13/h5-6,8-9,13,16-17H,2-4,7,10-11H2,1H3. The molecule has 1 fully saturated rings. The lowest BCUT2D eigenvalue weighted by Crippen LogP contribution is -2.41. The van der Waals surface area contributed by atoms with E-state index in [9.17, 15) is 5.11 Å². The van der Waals surface area contributed by atoms with Crippen LogP contribution in [-0.2, 0) is 6.42 Å². The number of hydrogen-bond donors (Lipinski definition) is 2. The average Bonchev–Trinajstić information content (AvgIpc) is 2.30. The summed E-state index contributed by atoms with van der Waals surface area (Å²) in [5, 5.41) is 13.9. The molecule has 2 N–H and O–H groups in total. The third kappa shape index (κ3) is 4.10. The Morgan fingerprint density at radius 2 is 2.18 bits per heavy atom. The van der Waals surface area contributed by atoms with E-state index in [1.165, 1.54) is 19.3 Å². The minimum absolute atomic E-state index is 0.473. The van der Waals surface area contributed by atoms with Gasteiger partial charge in [-0.3, -0.25) is 4.98 Å². The van der Waals surface area contributed by atoms with E-state index in [1.807, 2.05) is 19.1 Å². The molecule has 3 nitrogen and oxygen atoms in total. The molecule has 1 aliphatic heterocycles. The zero-order valence-corrected chi connectivity index (χ0v) is 10.5. The molecule has 2 atom stereocenters. The molecule has 3 heteroatoms. The van der Waals surface area contributed by atoms with Gasteiger partial charge in [0.1, 0.15) is 0 Å². The predicted octanol–water partition coefficient (Wildman–Crippen LogP) is 1.91. The molecule has 0 saturated carbocycles. The van der Waals surface area contributed by atoms with Crippen LogP contribution in [-0.4, -0.2) is 28.3 Å². The summed E-state index contributed by atoms with van der Waals surface area (Å²) in [7, 11) is 0. The van der Waals surface area contributed by atoms with Gasteiger partial charge in [-0.05, 0) is 50.4 Å². The van der Waals surface area contributed by atoms with Gasteiger partial charge in [0.25, 0.3) is 0 Å². The second-order valence-electron chi connectivity index (χ2n) is 5.38. The minimum atomic E-state index is -0.629. The lowest BCUT2D eigenvalue weighted by molar-refractivity contribution is 0.0371. The van der Waals surface area contributed by atoms with Gasteiger partial charge >= 0.3 is 0 Å². The fourth-order valence-corrected chi connectivity index (χ4v) is 2.64. The molecule has 2 heterocycles. The molecule has 0 spiro atoms. The van der Waals surface area contributed by atoms with E-state index in [4.69, 9.17) is 0 Å². The van der Waals surface area contributed by atoms with E-state index in [0.717, 1.165) is 18.5 Å². The normalized spacial score (nSPS) is 24.2. The predicted molar refractivity (Wildman–Crippen MR) is 68.8 cm³/mol. The Morgan fingerprint density at radius 3 is 2.82 bits per heavy atom. The highest BCUT2D eigenvalue weighted by atomic mass is 16.3. The third-order valence-corrected chi connectivity index (χ3v) is 3.43. The number of aliphatic hydroxyl groups is 1. The first kappa shape index (κ1) is 12.5. The molecule has 94 valence electrons. The maximum absolute atomic E-state index is 10.5. The average molecular weight is 234 g/mol. The molecule has 1 aromatic heterocycles. The number of nitrogens with zero attached hydrogens (tertiary/aromatic N) is 1. The van der Waals surface area contributed by atoms with Crippen LogP contribution in [0.3, 0.4) is 0 Å². The lowest BCUT2D eigenvalue weighted by atomic mass is 9.87. The van der Waals surface area contributed by atoms with Crippen molar-refractivity contribution in [2.45, 2.75) is 50.7 Å². The number of rotatable bonds is 4. The first-order chi connectivity index (χ1) is 8.16. The van der Waals surface area contributed by atoms with Crippen LogP contribution in [0.1, 0.15) is 38.2 Å². The lowest BCUT2D eigenvalue weighted by Gasteiger charge is -2.31. The second kappa shape index (κ2) is 5.61. The van der Waals surface area contributed by atoms with Crippen LogP contribution in [0.4, 0.5) is 0 Å². The topological polar surface area (TPSA) is 45.2 Å². The smallest absolute Gasteiger partial charge is 0.0674 e. The molecule has 0 bridgehead atoms.